The van der Waals surface area contributed by atoms with Gasteiger partial charge in [-0.2, -0.15) is 0 Å². The van der Waals surface area contributed by atoms with Crippen molar-refractivity contribution in [1.29, 1.82) is 0 Å². The first-order chi connectivity index (χ1) is 18.5. The molecule has 202 valence electrons. The number of thiazole rings is 1. The molecule has 2 fully saturated rings. The molecule has 0 saturated carbocycles. The number of aryl methyl sites for hydroxylation is 1. The number of carbonyl (C=O) groups excluding carboxylic acids is 2. The number of thiophene rings is 1. The average Bonchev–Trinajstić information content (AvgIpc) is 3.68. The van der Waals surface area contributed by atoms with Crippen LogP contribution in [0.4, 0.5) is 10.9 Å². The minimum absolute atomic E-state index is 0.272. The maximum absolute atomic E-state index is 13.0. The molecular weight excluding hydrogens is 518 g/mol. The minimum atomic E-state index is -0.301. The summed E-state index contributed by atoms with van der Waals surface area (Å²) in [5.41, 5.74) is 2.47. The number of hydrogen-bond acceptors (Lipinski definition) is 10. The van der Waals surface area contributed by atoms with E-state index in [1.807, 2.05) is 0 Å². The third-order valence-electron chi connectivity index (χ3n) is 7.33. The van der Waals surface area contributed by atoms with Crippen molar-refractivity contribution in [3.63, 3.8) is 0 Å². The Bertz CT molecular complexity index is 1230. The van der Waals surface area contributed by atoms with Crippen LogP contribution in [0.2, 0.25) is 0 Å². The Morgan fingerprint density at radius 2 is 2.03 bits per heavy atom. The second-order valence-electron chi connectivity index (χ2n) is 9.95. The summed E-state index contributed by atoms with van der Waals surface area (Å²) in [5, 5.41) is 5.71. The Labute approximate surface area is 231 Å². The summed E-state index contributed by atoms with van der Waals surface area (Å²) in [6, 6.07) is 2.78. The van der Waals surface area contributed by atoms with E-state index in [1.165, 1.54) is 29.5 Å². The normalized spacial score (nSPS) is 18.7. The van der Waals surface area contributed by atoms with Gasteiger partial charge < -0.3 is 9.69 Å². The quantitative estimate of drug-likeness (QED) is 0.371. The topological polar surface area (TPSA) is 94.6 Å². The average molecular weight is 554 g/mol. The molecule has 1 atom stereocenters. The summed E-state index contributed by atoms with van der Waals surface area (Å²) < 4.78 is 0. The van der Waals surface area contributed by atoms with Crippen LogP contribution in [0.1, 0.15) is 53.5 Å². The van der Waals surface area contributed by atoms with Crippen LogP contribution in [0.5, 0.6) is 0 Å². The molecular formula is C27H35N7O2S2. The predicted octanol–water partition coefficient (Wildman–Crippen LogP) is 4.31. The lowest BCUT2D eigenvalue weighted by molar-refractivity contribution is -0.108. The number of anilines is 2. The van der Waals surface area contributed by atoms with E-state index in [4.69, 9.17) is 4.98 Å². The molecule has 0 radical (unpaired) electrons. The highest BCUT2D eigenvalue weighted by Crippen LogP contribution is 2.37. The summed E-state index contributed by atoms with van der Waals surface area (Å²) >= 11 is 3.25. The van der Waals surface area contributed by atoms with Crippen molar-refractivity contribution in [2.45, 2.75) is 52.1 Å². The zero-order valence-corrected chi connectivity index (χ0v) is 23.7. The Balaban J connectivity index is 1.26. The molecule has 11 heteroatoms. The fourth-order valence-electron chi connectivity index (χ4n) is 5.21. The Morgan fingerprint density at radius 3 is 2.71 bits per heavy atom. The van der Waals surface area contributed by atoms with E-state index in [0.717, 1.165) is 74.9 Å². The van der Waals surface area contributed by atoms with Crippen LogP contribution in [0.3, 0.4) is 0 Å². The molecule has 1 amide bonds. The van der Waals surface area contributed by atoms with E-state index in [-0.39, 0.29) is 11.6 Å². The number of hydrogen-bond donors (Lipinski definition) is 1. The Kier molecular flexibility index (Phi) is 8.78. The first kappa shape index (κ1) is 26.9. The van der Waals surface area contributed by atoms with Gasteiger partial charge in [-0.3, -0.25) is 19.9 Å². The minimum Gasteiger partial charge on any atom is -0.353 e. The van der Waals surface area contributed by atoms with Crippen LogP contribution in [0, 0.1) is 6.92 Å². The molecule has 0 spiro atoms. The molecule has 5 heterocycles. The van der Waals surface area contributed by atoms with Crippen LogP contribution in [-0.2, 0) is 11.3 Å². The maximum atomic E-state index is 13.0. The fraction of sp³-hybridized carbons (Fsp3) is 0.519. The summed E-state index contributed by atoms with van der Waals surface area (Å²) in [6.07, 6.45) is 8.37. The number of carbonyl (C=O) groups is 2. The monoisotopic (exact) mass is 553 g/mol. The zero-order valence-electron chi connectivity index (χ0n) is 22.1. The molecule has 1 N–H and O–H groups in total. The Hall–Kier alpha value is -2.73. The Morgan fingerprint density at radius 1 is 1.18 bits per heavy atom. The molecule has 3 aromatic rings. The lowest BCUT2D eigenvalue weighted by Gasteiger charge is -2.34. The molecule has 2 aliphatic rings. The van der Waals surface area contributed by atoms with Gasteiger partial charge in [-0.05, 0) is 49.7 Å². The maximum Gasteiger partial charge on any atom is 0.277 e. The standard InChI is InChI=1S/C27H35N7O2S2/c1-3-20-6-4-8-34(20)17-23-25(22-14-19(2)18-37-22)30-27(38-23)31-26(36)21-15-29-24(16-28-21)33-11-9-32(10-12-33)7-5-13-35/h13-16,18,20H,3-12,17H2,1-2H3,(H,30,31,36). The highest BCUT2D eigenvalue weighted by molar-refractivity contribution is 7.17. The summed E-state index contributed by atoms with van der Waals surface area (Å²) in [7, 11) is 0. The highest BCUT2D eigenvalue weighted by atomic mass is 32.1. The van der Waals surface area contributed by atoms with E-state index in [0.29, 0.717) is 17.6 Å². The van der Waals surface area contributed by atoms with E-state index >= 15 is 0 Å². The second-order valence-corrected chi connectivity index (χ2v) is 11.9. The van der Waals surface area contributed by atoms with Gasteiger partial charge in [-0.1, -0.05) is 18.3 Å². The molecule has 3 aromatic heterocycles. The third-order valence-corrected chi connectivity index (χ3v) is 9.34. The second kappa shape index (κ2) is 12.4. The van der Waals surface area contributed by atoms with Gasteiger partial charge in [0.2, 0.25) is 0 Å². The summed E-state index contributed by atoms with van der Waals surface area (Å²) in [5.74, 6) is 0.462. The summed E-state index contributed by atoms with van der Waals surface area (Å²) in [6.45, 7) is 10.5. The van der Waals surface area contributed by atoms with Gasteiger partial charge in [0.05, 0.1) is 23.0 Å². The van der Waals surface area contributed by atoms with Gasteiger partial charge in [0.25, 0.3) is 5.91 Å². The number of piperazine rings is 1. The number of rotatable bonds is 10. The molecule has 0 aliphatic carbocycles. The van der Waals surface area contributed by atoms with Crippen molar-refractivity contribution in [3.05, 3.63) is 40.0 Å². The number of aromatic nitrogens is 3. The van der Waals surface area contributed by atoms with Gasteiger partial charge in [-0.25, -0.2) is 15.0 Å². The van der Waals surface area contributed by atoms with Gasteiger partial charge in [0, 0.05) is 56.6 Å². The highest BCUT2D eigenvalue weighted by Gasteiger charge is 2.26. The van der Waals surface area contributed by atoms with Crippen LogP contribution < -0.4 is 10.2 Å². The molecule has 38 heavy (non-hydrogen) atoms. The number of likely N-dealkylation sites (tertiary alicyclic amines) is 1. The number of amides is 1. The largest absolute Gasteiger partial charge is 0.353 e. The molecule has 5 rings (SSSR count). The molecule has 1 unspecified atom stereocenters. The summed E-state index contributed by atoms with van der Waals surface area (Å²) in [4.78, 5) is 46.8. The third kappa shape index (κ3) is 6.28. The van der Waals surface area contributed by atoms with Gasteiger partial charge in [-0.15, -0.1) is 11.3 Å². The van der Waals surface area contributed by atoms with Crippen LogP contribution in [0.15, 0.2) is 23.8 Å². The lowest BCUT2D eigenvalue weighted by Crippen LogP contribution is -2.47. The molecule has 0 aromatic carbocycles. The van der Waals surface area contributed by atoms with Crippen LogP contribution >= 0.6 is 22.7 Å². The van der Waals surface area contributed by atoms with Crippen molar-refractivity contribution in [1.82, 2.24) is 24.8 Å². The number of nitrogens with one attached hydrogen (secondary N) is 1. The van der Waals surface area contributed by atoms with Crippen molar-refractivity contribution in [3.8, 4) is 10.6 Å². The first-order valence-corrected chi connectivity index (χ1v) is 15.1. The van der Waals surface area contributed by atoms with E-state index in [1.54, 1.807) is 28.9 Å². The molecule has 2 aliphatic heterocycles. The zero-order chi connectivity index (χ0) is 26.5. The fourth-order valence-corrected chi connectivity index (χ4v) is 7.19. The molecule has 9 nitrogen and oxygen atoms in total. The SMILES string of the molecule is CCC1CCCN1Cc1sc(NC(=O)c2cnc(N3CCN(CCC=O)CC3)cn2)nc1-c1cc(C)cs1. The van der Waals surface area contributed by atoms with Gasteiger partial charge in [0.15, 0.2) is 5.13 Å². The first-order valence-electron chi connectivity index (χ1n) is 13.4. The van der Waals surface area contributed by atoms with Crippen molar-refractivity contribution in [2.75, 3.05) is 49.5 Å². The van der Waals surface area contributed by atoms with Crippen LogP contribution in [-0.4, -0.2) is 82.3 Å². The lowest BCUT2D eigenvalue weighted by atomic mass is 10.1. The smallest absolute Gasteiger partial charge is 0.277 e. The van der Waals surface area contributed by atoms with Gasteiger partial charge >= 0.3 is 0 Å². The molecule has 2 saturated heterocycles. The predicted molar refractivity (Wildman–Crippen MR) is 153 cm³/mol. The van der Waals surface area contributed by atoms with Crippen molar-refractivity contribution >= 4 is 45.8 Å². The van der Waals surface area contributed by atoms with E-state index in [2.05, 4.69) is 55.3 Å². The number of nitrogens with zero attached hydrogens (tertiary/aromatic N) is 6. The molecule has 0 bridgehead atoms. The van der Waals surface area contributed by atoms with Crippen molar-refractivity contribution < 1.29 is 9.59 Å². The van der Waals surface area contributed by atoms with E-state index < -0.39 is 0 Å². The van der Waals surface area contributed by atoms with E-state index in [9.17, 15) is 9.59 Å². The van der Waals surface area contributed by atoms with Crippen LogP contribution in [0.25, 0.3) is 10.6 Å². The number of aldehydes is 1. The van der Waals surface area contributed by atoms with Crippen molar-refractivity contribution in [2.24, 2.45) is 0 Å². The van der Waals surface area contributed by atoms with Gasteiger partial charge in [0.1, 0.15) is 17.8 Å².